The lowest BCUT2D eigenvalue weighted by molar-refractivity contribution is 0.410. The summed E-state index contributed by atoms with van der Waals surface area (Å²) in [5.41, 5.74) is 2.80. The van der Waals surface area contributed by atoms with Gasteiger partial charge < -0.3 is 9.73 Å². The molecule has 1 unspecified atom stereocenters. The highest BCUT2D eigenvalue weighted by Gasteiger charge is 2.26. The Hall–Kier alpha value is -1.68. The van der Waals surface area contributed by atoms with Crippen molar-refractivity contribution in [1.82, 2.24) is 15.5 Å². The first kappa shape index (κ1) is 13.0. The van der Waals surface area contributed by atoms with Gasteiger partial charge in [-0.25, -0.2) is 0 Å². The number of nitrogens with zero attached hydrogens (tertiary/aromatic N) is 2. The summed E-state index contributed by atoms with van der Waals surface area (Å²) in [5, 5.41) is 12.0. The van der Waals surface area contributed by atoms with E-state index >= 15 is 0 Å². The molecular formula is C17H21N3O. The van der Waals surface area contributed by atoms with Gasteiger partial charge in [0, 0.05) is 19.0 Å². The van der Waals surface area contributed by atoms with Gasteiger partial charge in [-0.05, 0) is 43.2 Å². The summed E-state index contributed by atoms with van der Waals surface area (Å²) in [6.45, 7) is 0.938. The lowest BCUT2D eigenvalue weighted by Gasteiger charge is -2.22. The fourth-order valence-corrected chi connectivity index (χ4v) is 3.19. The molecule has 110 valence electrons. The number of hydrogen-bond acceptors (Lipinski definition) is 4. The van der Waals surface area contributed by atoms with Crippen LogP contribution in [0.5, 0.6) is 0 Å². The Balaban J connectivity index is 1.47. The van der Waals surface area contributed by atoms with Crippen molar-refractivity contribution >= 4 is 0 Å². The SMILES string of the molecule is c1ccc2c(c1)CCCC2c1nnc(CCNC2CC2)o1. The van der Waals surface area contributed by atoms with Crippen LogP contribution in [0.2, 0.25) is 0 Å². The first-order chi connectivity index (χ1) is 10.4. The Labute approximate surface area is 125 Å². The summed E-state index contributed by atoms with van der Waals surface area (Å²) in [6.07, 6.45) is 6.93. The van der Waals surface area contributed by atoms with Gasteiger partial charge >= 0.3 is 0 Å². The Bertz CT molecular complexity index is 618. The topological polar surface area (TPSA) is 51.0 Å². The van der Waals surface area contributed by atoms with Crippen LogP contribution in [0.25, 0.3) is 0 Å². The molecule has 1 aromatic carbocycles. The van der Waals surface area contributed by atoms with Crippen LogP contribution in [0.15, 0.2) is 28.7 Å². The minimum Gasteiger partial charge on any atom is -0.425 e. The Morgan fingerprint density at radius 3 is 2.95 bits per heavy atom. The maximum Gasteiger partial charge on any atom is 0.224 e. The third-order valence-corrected chi connectivity index (χ3v) is 4.50. The van der Waals surface area contributed by atoms with Crippen molar-refractivity contribution in [3.63, 3.8) is 0 Å². The van der Waals surface area contributed by atoms with Gasteiger partial charge in [0.15, 0.2) is 0 Å². The molecule has 21 heavy (non-hydrogen) atoms. The van der Waals surface area contributed by atoms with Crippen LogP contribution in [0.4, 0.5) is 0 Å². The normalized spacial score (nSPS) is 21.2. The van der Waals surface area contributed by atoms with E-state index in [1.54, 1.807) is 0 Å². The van der Waals surface area contributed by atoms with Gasteiger partial charge in [-0.3, -0.25) is 0 Å². The molecule has 0 saturated heterocycles. The summed E-state index contributed by atoms with van der Waals surface area (Å²) in [5.74, 6) is 1.84. The van der Waals surface area contributed by atoms with E-state index in [9.17, 15) is 0 Å². The maximum atomic E-state index is 5.92. The van der Waals surface area contributed by atoms with Crippen molar-refractivity contribution in [2.45, 2.75) is 50.5 Å². The molecule has 1 atom stereocenters. The largest absolute Gasteiger partial charge is 0.425 e. The molecule has 0 amide bonds. The Morgan fingerprint density at radius 1 is 1.14 bits per heavy atom. The summed E-state index contributed by atoms with van der Waals surface area (Å²) in [4.78, 5) is 0. The van der Waals surface area contributed by atoms with Crippen molar-refractivity contribution in [3.8, 4) is 0 Å². The van der Waals surface area contributed by atoms with Crippen molar-refractivity contribution in [3.05, 3.63) is 47.2 Å². The monoisotopic (exact) mass is 283 g/mol. The smallest absolute Gasteiger partial charge is 0.224 e. The minimum atomic E-state index is 0.285. The van der Waals surface area contributed by atoms with Crippen LogP contribution in [0, 0.1) is 0 Å². The average molecular weight is 283 g/mol. The zero-order chi connectivity index (χ0) is 14.1. The van der Waals surface area contributed by atoms with Crippen LogP contribution in [0.3, 0.4) is 0 Å². The molecule has 4 nitrogen and oxygen atoms in total. The predicted octanol–water partition coefficient (Wildman–Crippen LogP) is 2.83. The quantitative estimate of drug-likeness (QED) is 0.916. The highest BCUT2D eigenvalue weighted by Crippen LogP contribution is 2.35. The predicted molar refractivity (Wildman–Crippen MR) is 80.2 cm³/mol. The molecule has 1 N–H and O–H groups in total. The lowest BCUT2D eigenvalue weighted by Crippen LogP contribution is -2.19. The van der Waals surface area contributed by atoms with E-state index in [0.29, 0.717) is 0 Å². The zero-order valence-electron chi connectivity index (χ0n) is 12.2. The molecule has 4 rings (SSSR count). The molecule has 1 aromatic heterocycles. The van der Waals surface area contributed by atoms with Gasteiger partial charge in [0.05, 0.1) is 5.92 Å². The highest BCUT2D eigenvalue weighted by atomic mass is 16.4. The summed E-state index contributed by atoms with van der Waals surface area (Å²) < 4.78 is 5.92. The van der Waals surface area contributed by atoms with Crippen LogP contribution in [-0.2, 0) is 12.8 Å². The number of aromatic nitrogens is 2. The first-order valence-corrected chi connectivity index (χ1v) is 8.03. The third-order valence-electron chi connectivity index (χ3n) is 4.50. The second-order valence-corrected chi connectivity index (χ2v) is 6.16. The molecule has 1 saturated carbocycles. The van der Waals surface area contributed by atoms with E-state index in [1.807, 2.05) is 0 Å². The van der Waals surface area contributed by atoms with Gasteiger partial charge in [-0.15, -0.1) is 10.2 Å². The van der Waals surface area contributed by atoms with Gasteiger partial charge in [-0.1, -0.05) is 24.3 Å². The Morgan fingerprint density at radius 2 is 2.05 bits per heavy atom. The molecular weight excluding hydrogens is 262 g/mol. The molecule has 2 aliphatic rings. The number of nitrogens with one attached hydrogen (secondary N) is 1. The molecule has 0 radical (unpaired) electrons. The van der Waals surface area contributed by atoms with E-state index < -0.39 is 0 Å². The van der Waals surface area contributed by atoms with Crippen molar-refractivity contribution in [2.75, 3.05) is 6.54 Å². The van der Waals surface area contributed by atoms with Gasteiger partial charge in [-0.2, -0.15) is 0 Å². The van der Waals surface area contributed by atoms with Crippen molar-refractivity contribution in [1.29, 1.82) is 0 Å². The van der Waals surface area contributed by atoms with Gasteiger partial charge in [0.2, 0.25) is 11.8 Å². The fourth-order valence-electron chi connectivity index (χ4n) is 3.19. The Kier molecular flexibility index (Phi) is 3.47. The van der Waals surface area contributed by atoms with E-state index in [4.69, 9.17) is 4.42 Å². The highest BCUT2D eigenvalue weighted by molar-refractivity contribution is 5.35. The molecule has 0 bridgehead atoms. The van der Waals surface area contributed by atoms with Crippen molar-refractivity contribution < 1.29 is 4.42 Å². The first-order valence-electron chi connectivity index (χ1n) is 8.03. The number of benzene rings is 1. The van der Waals surface area contributed by atoms with E-state index in [2.05, 4.69) is 39.8 Å². The van der Waals surface area contributed by atoms with Crippen LogP contribution in [-0.4, -0.2) is 22.8 Å². The molecule has 2 aliphatic carbocycles. The number of fused-ring (bicyclic) bond motifs is 1. The summed E-state index contributed by atoms with van der Waals surface area (Å²) >= 11 is 0. The molecule has 2 aromatic rings. The minimum absolute atomic E-state index is 0.285. The van der Waals surface area contributed by atoms with Gasteiger partial charge in [0.1, 0.15) is 0 Å². The second kappa shape index (κ2) is 5.60. The molecule has 1 heterocycles. The van der Waals surface area contributed by atoms with E-state index in [-0.39, 0.29) is 5.92 Å². The molecule has 0 spiro atoms. The molecule has 0 aliphatic heterocycles. The van der Waals surface area contributed by atoms with Crippen LogP contribution < -0.4 is 5.32 Å². The summed E-state index contributed by atoms with van der Waals surface area (Å²) in [6, 6.07) is 9.38. The zero-order valence-corrected chi connectivity index (χ0v) is 12.2. The van der Waals surface area contributed by atoms with Crippen LogP contribution in [0.1, 0.15) is 54.5 Å². The summed E-state index contributed by atoms with van der Waals surface area (Å²) in [7, 11) is 0. The van der Waals surface area contributed by atoms with E-state index in [0.717, 1.165) is 37.2 Å². The standard InChI is InChI=1S/C17H21N3O/c1-2-6-14-12(4-1)5-3-7-15(14)17-20-19-16(21-17)10-11-18-13-8-9-13/h1-2,4,6,13,15,18H,3,5,7-11H2. The van der Waals surface area contributed by atoms with Gasteiger partial charge in [0.25, 0.3) is 0 Å². The van der Waals surface area contributed by atoms with Crippen molar-refractivity contribution in [2.24, 2.45) is 0 Å². The van der Waals surface area contributed by atoms with Crippen LogP contribution >= 0.6 is 0 Å². The second-order valence-electron chi connectivity index (χ2n) is 6.16. The molecule has 1 fully saturated rings. The average Bonchev–Trinajstić information content (AvgIpc) is 3.23. The third kappa shape index (κ3) is 2.86. The lowest BCUT2D eigenvalue weighted by atomic mass is 9.83. The number of rotatable bonds is 5. The molecule has 4 heteroatoms. The fraction of sp³-hybridized carbons (Fsp3) is 0.529. The number of hydrogen-bond donors (Lipinski definition) is 1. The number of aryl methyl sites for hydroxylation is 1. The van der Waals surface area contributed by atoms with E-state index in [1.165, 1.54) is 36.8 Å². The maximum absolute atomic E-state index is 5.92.